The zero-order valence-corrected chi connectivity index (χ0v) is 13.6. The molecule has 0 bridgehead atoms. The van der Waals surface area contributed by atoms with Crippen molar-refractivity contribution in [2.75, 3.05) is 0 Å². The molecule has 0 atom stereocenters. The van der Waals surface area contributed by atoms with Crippen LogP contribution in [0.5, 0.6) is 5.75 Å². The second-order valence-electron chi connectivity index (χ2n) is 4.41. The van der Waals surface area contributed by atoms with Gasteiger partial charge in [0.05, 0.1) is 0 Å². The average Bonchev–Trinajstić information content (AvgIpc) is 2.41. The van der Waals surface area contributed by atoms with Gasteiger partial charge in [0.1, 0.15) is 0 Å². The molecule has 0 aliphatic heterocycles. The van der Waals surface area contributed by atoms with Crippen LogP contribution < -0.4 is 4.74 Å². The Morgan fingerprint density at radius 2 is 1.59 bits per heavy atom. The zero-order valence-electron chi connectivity index (χ0n) is 11.5. The molecule has 1 aromatic carbocycles. The van der Waals surface area contributed by atoms with Crippen LogP contribution in [0.4, 0.5) is 0 Å². The van der Waals surface area contributed by atoms with E-state index in [-0.39, 0.29) is 0 Å². The van der Waals surface area contributed by atoms with Gasteiger partial charge in [-0.15, -0.1) is 0 Å². The normalized spacial score (nSPS) is 12.6. The predicted octanol–water partition coefficient (Wildman–Crippen LogP) is 5.02. The fourth-order valence-corrected chi connectivity index (χ4v) is 9.69. The molecule has 0 unspecified atom stereocenters. The van der Waals surface area contributed by atoms with Crippen LogP contribution in [0, 0.1) is 0 Å². The Kier molecular flexibility index (Phi) is 5.83. The Morgan fingerprint density at radius 3 is 2.00 bits per heavy atom. The molecule has 1 rings (SSSR count). The summed E-state index contributed by atoms with van der Waals surface area (Å²) in [5.41, 5.74) is 0. The average molecular weight is 293 g/mol. The van der Waals surface area contributed by atoms with Gasteiger partial charge in [-0.2, -0.15) is 0 Å². The van der Waals surface area contributed by atoms with Gasteiger partial charge >= 0.3 is 108 Å². The zero-order chi connectivity index (χ0) is 12.7. The molecule has 17 heavy (non-hydrogen) atoms. The van der Waals surface area contributed by atoms with Crippen LogP contribution >= 0.6 is 0 Å². The van der Waals surface area contributed by atoms with E-state index in [4.69, 9.17) is 4.74 Å². The van der Waals surface area contributed by atoms with E-state index in [1.807, 2.05) is 30.3 Å². The maximum absolute atomic E-state index is 6.15. The minimum absolute atomic E-state index is 0.978. The Labute approximate surface area is 108 Å². The third-order valence-electron chi connectivity index (χ3n) is 3.79. The molecule has 94 valence electrons. The summed E-state index contributed by atoms with van der Waals surface area (Å²) in [6, 6.07) is 10.2. The quantitative estimate of drug-likeness (QED) is 0.528. The van der Waals surface area contributed by atoms with Crippen LogP contribution in [0.2, 0.25) is 15.8 Å². The first kappa shape index (κ1) is 14.4. The van der Waals surface area contributed by atoms with Crippen molar-refractivity contribution in [3.05, 3.63) is 41.0 Å². The van der Waals surface area contributed by atoms with Gasteiger partial charge in [0, 0.05) is 0 Å². The first-order valence-electron chi connectivity index (χ1n) is 6.62. The Bertz CT molecular complexity index is 344. The van der Waals surface area contributed by atoms with Gasteiger partial charge in [0.25, 0.3) is 0 Å². The SMILES string of the molecule is CC=[C](Oc1ccccc1)[Ge]([CH2]C)([CH2]C)[CH2]C. The number of hydrogen-bond donors (Lipinski definition) is 0. The molecule has 0 radical (unpaired) electrons. The second-order valence-corrected chi connectivity index (χ2v) is 15.3. The molecular weight excluding hydrogens is 269 g/mol. The van der Waals surface area contributed by atoms with Crippen molar-refractivity contribution in [3.8, 4) is 5.75 Å². The van der Waals surface area contributed by atoms with Gasteiger partial charge in [-0.05, 0) is 0 Å². The molecule has 0 heterocycles. The monoisotopic (exact) mass is 294 g/mol. The number of rotatable bonds is 6. The van der Waals surface area contributed by atoms with Gasteiger partial charge in [0.2, 0.25) is 0 Å². The van der Waals surface area contributed by atoms with E-state index in [2.05, 4.69) is 33.8 Å². The van der Waals surface area contributed by atoms with E-state index in [1.165, 1.54) is 20.4 Å². The number of allylic oxidation sites excluding steroid dienone is 1. The van der Waals surface area contributed by atoms with Crippen molar-refractivity contribution in [2.24, 2.45) is 0 Å². The van der Waals surface area contributed by atoms with E-state index in [0.717, 1.165) is 5.75 Å². The van der Waals surface area contributed by atoms with Crippen molar-refractivity contribution in [1.29, 1.82) is 0 Å². The van der Waals surface area contributed by atoms with Gasteiger partial charge < -0.3 is 0 Å². The predicted molar refractivity (Wildman–Crippen MR) is 78.0 cm³/mol. The molecule has 0 saturated carbocycles. The van der Waals surface area contributed by atoms with Gasteiger partial charge in [-0.1, -0.05) is 0 Å². The summed E-state index contributed by atoms with van der Waals surface area (Å²) >= 11 is -1.94. The maximum atomic E-state index is 6.15. The molecule has 0 N–H and O–H groups in total. The molecule has 1 nitrogen and oxygen atoms in total. The van der Waals surface area contributed by atoms with Crippen LogP contribution in [-0.2, 0) is 0 Å². The van der Waals surface area contributed by atoms with Crippen LogP contribution in [-0.4, -0.2) is 13.3 Å². The summed E-state index contributed by atoms with van der Waals surface area (Å²) in [6.07, 6.45) is 2.20. The summed E-state index contributed by atoms with van der Waals surface area (Å²) in [6.45, 7) is 9.08. The third kappa shape index (κ3) is 3.38. The summed E-state index contributed by atoms with van der Waals surface area (Å²) in [4.78, 5) is 0. The Balaban J connectivity index is 2.92. The summed E-state index contributed by atoms with van der Waals surface area (Å²) in [5, 5.41) is 3.92. The summed E-state index contributed by atoms with van der Waals surface area (Å²) in [5.74, 6) is 0.978. The van der Waals surface area contributed by atoms with Crippen molar-refractivity contribution in [3.63, 3.8) is 0 Å². The summed E-state index contributed by atoms with van der Waals surface area (Å²) in [7, 11) is 0. The van der Waals surface area contributed by atoms with Crippen LogP contribution in [0.3, 0.4) is 0 Å². The van der Waals surface area contributed by atoms with E-state index < -0.39 is 13.3 Å². The van der Waals surface area contributed by atoms with Crippen molar-refractivity contribution in [2.45, 2.75) is 43.5 Å². The molecular formula is C15H24GeO. The topological polar surface area (TPSA) is 9.23 Å². The molecule has 0 spiro atoms. The molecule has 0 fully saturated rings. The number of ether oxygens (including phenoxy) is 1. The fraction of sp³-hybridized carbons (Fsp3) is 0.467. The first-order chi connectivity index (χ1) is 8.22. The molecule has 0 amide bonds. The van der Waals surface area contributed by atoms with Crippen molar-refractivity contribution < 1.29 is 4.74 Å². The molecule has 0 aromatic heterocycles. The molecule has 2 heteroatoms. The molecule has 0 saturated heterocycles. The van der Waals surface area contributed by atoms with Crippen LogP contribution in [0.25, 0.3) is 0 Å². The van der Waals surface area contributed by atoms with Gasteiger partial charge in [-0.3, -0.25) is 0 Å². The van der Waals surface area contributed by atoms with Gasteiger partial charge in [0.15, 0.2) is 0 Å². The Hall–Kier alpha value is -0.697. The first-order valence-corrected chi connectivity index (χ1v) is 12.1. The van der Waals surface area contributed by atoms with E-state index in [1.54, 1.807) is 0 Å². The van der Waals surface area contributed by atoms with E-state index in [9.17, 15) is 0 Å². The van der Waals surface area contributed by atoms with Crippen molar-refractivity contribution >= 4 is 13.3 Å². The third-order valence-corrected chi connectivity index (χ3v) is 15.3. The number of benzene rings is 1. The molecule has 0 aliphatic rings. The van der Waals surface area contributed by atoms with E-state index >= 15 is 0 Å². The number of hydrogen-bond acceptors (Lipinski definition) is 1. The standard InChI is InChI=1S/C15H24GeO/c1-5-15(16(6-2,7-3)8-4)17-14-12-10-9-11-13-14/h5,9-13H,6-8H2,1-4H3. The Morgan fingerprint density at radius 1 is 1.06 bits per heavy atom. The second kappa shape index (κ2) is 6.90. The fourth-order valence-electron chi connectivity index (χ4n) is 2.36. The van der Waals surface area contributed by atoms with Crippen LogP contribution in [0.1, 0.15) is 27.7 Å². The van der Waals surface area contributed by atoms with Gasteiger partial charge in [-0.25, -0.2) is 0 Å². The van der Waals surface area contributed by atoms with Crippen LogP contribution in [0.15, 0.2) is 41.0 Å². The molecule has 1 aromatic rings. The minimum atomic E-state index is -1.94. The number of para-hydroxylation sites is 1. The molecule has 0 aliphatic carbocycles. The van der Waals surface area contributed by atoms with E-state index in [0.29, 0.717) is 0 Å². The van der Waals surface area contributed by atoms with Crippen molar-refractivity contribution in [1.82, 2.24) is 0 Å². The summed E-state index contributed by atoms with van der Waals surface area (Å²) < 4.78 is 7.44.